The van der Waals surface area contributed by atoms with Crippen molar-refractivity contribution in [3.05, 3.63) is 4.73 Å². The molecule has 0 spiro atoms. The van der Waals surface area contributed by atoms with E-state index in [1.165, 1.54) is 0 Å². The number of halogens is 1. The van der Waals surface area contributed by atoms with Crippen molar-refractivity contribution in [1.29, 1.82) is 0 Å². The second kappa shape index (κ2) is 3.99. The van der Waals surface area contributed by atoms with E-state index in [2.05, 4.69) is 35.9 Å². The van der Waals surface area contributed by atoms with E-state index in [1.807, 2.05) is 0 Å². The van der Waals surface area contributed by atoms with E-state index in [9.17, 15) is 0 Å². The Balaban J connectivity index is 2.42. The standard InChI is InChI=1S/C7H8BrN5O2/c8-6-10-3-4(9)11-7(15-2-1-14)13-5(3)12-6/h14H,1-2H2,(H3,9,10,11,12,13). The van der Waals surface area contributed by atoms with Crippen LogP contribution in [-0.2, 0) is 0 Å². The van der Waals surface area contributed by atoms with Gasteiger partial charge in [-0.1, -0.05) is 0 Å². The van der Waals surface area contributed by atoms with Crippen molar-refractivity contribution in [1.82, 2.24) is 19.9 Å². The summed E-state index contributed by atoms with van der Waals surface area (Å²) in [6.07, 6.45) is 0. The van der Waals surface area contributed by atoms with Crippen molar-refractivity contribution >= 4 is 32.9 Å². The third-order valence-electron chi connectivity index (χ3n) is 1.64. The van der Waals surface area contributed by atoms with Gasteiger partial charge in [0.2, 0.25) is 0 Å². The summed E-state index contributed by atoms with van der Waals surface area (Å²) in [5.74, 6) is 0.231. The number of imidazole rings is 1. The first-order chi connectivity index (χ1) is 7.20. The van der Waals surface area contributed by atoms with Gasteiger partial charge in [-0.15, -0.1) is 0 Å². The Kier molecular flexibility index (Phi) is 2.69. The first-order valence-electron chi connectivity index (χ1n) is 4.13. The fraction of sp³-hybridized carbons (Fsp3) is 0.286. The number of nitrogens with zero attached hydrogens (tertiary/aromatic N) is 3. The van der Waals surface area contributed by atoms with Crippen LogP contribution in [0.4, 0.5) is 5.82 Å². The summed E-state index contributed by atoms with van der Waals surface area (Å²) in [5.41, 5.74) is 6.62. The number of anilines is 1. The van der Waals surface area contributed by atoms with Crippen molar-refractivity contribution in [3.63, 3.8) is 0 Å². The van der Waals surface area contributed by atoms with Gasteiger partial charge in [0.15, 0.2) is 21.7 Å². The van der Waals surface area contributed by atoms with Crippen LogP contribution in [0.1, 0.15) is 0 Å². The Morgan fingerprint density at radius 2 is 2.20 bits per heavy atom. The molecule has 80 valence electrons. The molecule has 15 heavy (non-hydrogen) atoms. The fourth-order valence-corrected chi connectivity index (χ4v) is 1.44. The van der Waals surface area contributed by atoms with Crippen molar-refractivity contribution in [2.75, 3.05) is 18.9 Å². The highest BCUT2D eigenvalue weighted by Gasteiger charge is 2.09. The summed E-state index contributed by atoms with van der Waals surface area (Å²) in [5, 5.41) is 8.57. The highest BCUT2D eigenvalue weighted by Crippen LogP contribution is 2.20. The maximum absolute atomic E-state index is 8.57. The van der Waals surface area contributed by atoms with E-state index in [4.69, 9.17) is 15.6 Å². The number of rotatable bonds is 3. The molecule has 0 aromatic carbocycles. The number of hydrogen-bond donors (Lipinski definition) is 3. The van der Waals surface area contributed by atoms with E-state index in [0.29, 0.717) is 15.9 Å². The molecular formula is C7H8BrN5O2. The molecule has 0 bridgehead atoms. The number of aliphatic hydroxyl groups is 1. The second-order valence-corrected chi connectivity index (χ2v) is 3.44. The van der Waals surface area contributed by atoms with Gasteiger partial charge in [0.1, 0.15) is 6.61 Å². The number of ether oxygens (including phenoxy) is 1. The third kappa shape index (κ3) is 2.00. The molecule has 0 aliphatic heterocycles. The van der Waals surface area contributed by atoms with Gasteiger partial charge in [-0.25, -0.2) is 4.98 Å². The number of aromatic amines is 1. The molecule has 0 aliphatic rings. The number of H-pyrrole nitrogens is 1. The Morgan fingerprint density at radius 1 is 1.40 bits per heavy atom. The molecule has 2 heterocycles. The van der Waals surface area contributed by atoms with Gasteiger partial charge in [0.05, 0.1) is 6.61 Å². The van der Waals surface area contributed by atoms with Crippen LogP contribution in [-0.4, -0.2) is 38.3 Å². The minimum absolute atomic E-state index is 0.103. The van der Waals surface area contributed by atoms with E-state index < -0.39 is 0 Å². The van der Waals surface area contributed by atoms with Gasteiger partial charge in [0.25, 0.3) is 0 Å². The van der Waals surface area contributed by atoms with Crippen LogP contribution in [0.5, 0.6) is 6.01 Å². The van der Waals surface area contributed by atoms with E-state index in [0.717, 1.165) is 0 Å². The van der Waals surface area contributed by atoms with E-state index >= 15 is 0 Å². The molecule has 0 atom stereocenters. The summed E-state index contributed by atoms with van der Waals surface area (Å²) in [7, 11) is 0. The molecule has 0 saturated heterocycles. The lowest BCUT2D eigenvalue weighted by molar-refractivity contribution is 0.192. The van der Waals surface area contributed by atoms with Crippen LogP contribution in [0.3, 0.4) is 0 Å². The molecule has 2 aromatic rings. The highest BCUT2D eigenvalue weighted by atomic mass is 79.9. The average Bonchev–Trinajstić information content (AvgIpc) is 2.56. The van der Waals surface area contributed by atoms with Crippen LogP contribution in [0.2, 0.25) is 0 Å². The molecule has 2 rings (SSSR count). The number of nitrogens with two attached hydrogens (primary N) is 1. The summed E-state index contributed by atoms with van der Waals surface area (Å²) < 4.78 is 5.56. The van der Waals surface area contributed by atoms with Crippen LogP contribution >= 0.6 is 15.9 Å². The Morgan fingerprint density at radius 3 is 2.93 bits per heavy atom. The number of nitrogen functional groups attached to an aromatic ring is 1. The molecular weight excluding hydrogens is 266 g/mol. The zero-order valence-electron chi connectivity index (χ0n) is 7.57. The van der Waals surface area contributed by atoms with Gasteiger partial charge < -0.3 is 20.6 Å². The Hall–Kier alpha value is -1.41. The highest BCUT2D eigenvalue weighted by molar-refractivity contribution is 9.10. The summed E-state index contributed by atoms with van der Waals surface area (Å²) in [4.78, 5) is 14.8. The molecule has 2 aromatic heterocycles. The van der Waals surface area contributed by atoms with Gasteiger partial charge in [-0.05, 0) is 15.9 Å². The minimum atomic E-state index is -0.103. The summed E-state index contributed by atoms with van der Waals surface area (Å²) in [6, 6.07) is 0.116. The van der Waals surface area contributed by atoms with Gasteiger partial charge in [0, 0.05) is 0 Å². The lowest BCUT2D eigenvalue weighted by Crippen LogP contribution is -2.06. The molecule has 0 radical (unpaired) electrons. The first kappa shape index (κ1) is 10.1. The largest absolute Gasteiger partial charge is 0.461 e. The molecule has 0 aliphatic carbocycles. The molecule has 4 N–H and O–H groups in total. The SMILES string of the molecule is Nc1nc(OCCO)nc2[nH]c(Br)nc12. The maximum atomic E-state index is 8.57. The zero-order chi connectivity index (χ0) is 10.8. The molecule has 8 heteroatoms. The molecule has 0 saturated carbocycles. The lowest BCUT2D eigenvalue weighted by atomic mass is 10.5. The average molecular weight is 274 g/mol. The second-order valence-electron chi connectivity index (χ2n) is 2.69. The number of hydrogen-bond acceptors (Lipinski definition) is 6. The topological polar surface area (TPSA) is 110 Å². The van der Waals surface area contributed by atoms with Gasteiger partial charge in [-0.3, -0.25) is 0 Å². The predicted molar refractivity (Wildman–Crippen MR) is 56.4 cm³/mol. The molecule has 0 amide bonds. The van der Waals surface area contributed by atoms with Gasteiger partial charge >= 0.3 is 6.01 Å². The molecule has 0 fully saturated rings. The number of nitrogens with one attached hydrogen (secondary N) is 1. The molecule has 0 unspecified atom stereocenters. The van der Waals surface area contributed by atoms with E-state index in [-0.39, 0.29) is 25.0 Å². The van der Waals surface area contributed by atoms with Crippen LogP contribution in [0.15, 0.2) is 4.73 Å². The minimum Gasteiger partial charge on any atom is -0.461 e. The quantitative estimate of drug-likeness (QED) is 0.683. The maximum Gasteiger partial charge on any atom is 0.320 e. The van der Waals surface area contributed by atoms with Crippen molar-refractivity contribution in [2.45, 2.75) is 0 Å². The monoisotopic (exact) mass is 273 g/mol. The number of fused-ring (bicyclic) bond motifs is 1. The Bertz CT molecular complexity index is 485. The Labute approximate surface area is 92.8 Å². The predicted octanol–water partition coefficient (Wildman–Crippen LogP) is 0.0687. The fourth-order valence-electron chi connectivity index (χ4n) is 1.07. The van der Waals surface area contributed by atoms with E-state index in [1.54, 1.807) is 0 Å². The van der Waals surface area contributed by atoms with Crippen molar-refractivity contribution in [3.8, 4) is 6.01 Å². The summed E-state index contributed by atoms with van der Waals surface area (Å²) >= 11 is 3.17. The smallest absolute Gasteiger partial charge is 0.320 e. The summed E-state index contributed by atoms with van der Waals surface area (Å²) in [6.45, 7) is 0.0220. The van der Waals surface area contributed by atoms with Crippen molar-refractivity contribution in [2.24, 2.45) is 0 Å². The lowest BCUT2D eigenvalue weighted by Gasteiger charge is -2.02. The third-order valence-corrected chi connectivity index (χ3v) is 2.02. The molecule has 7 nitrogen and oxygen atoms in total. The van der Waals surface area contributed by atoms with Crippen LogP contribution in [0.25, 0.3) is 11.2 Å². The normalized spacial score (nSPS) is 10.8. The zero-order valence-corrected chi connectivity index (χ0v) is 9.15. The number of aromatic nitrogens is 4. The van der Waals surface area contributed by atoms with Gasteiger partial charge in [-0.2, -0.15) is 9.97 Å². The van der Waals surface area contributed by atoms with Crippen molar-refractivity contribution < 1.29 is 9.84 Å². The van der Waals surface area contributed by atoms with Crippen LogP contribution in [0, 0.1) is 0 Å². The van der Waals surface area contributed by atoms with Crippen LogP contribution < -0.4 is 10.5 Å². The number of aliphatic hydroxyl groups excluding tert-OH is 1. The first-order valence-corrected chi connectivity index (χ1v) is 4.92.